The average Bonchev–Trinajstić information content (AvgIpc) is 2.46. The van der Waals surface area contributed by atoms with Crippen molar-refractivity contribution >= 4 is 10.0 Å². The second-order valence-electron chi connectivity index (χ2n) is 4.17. The van der Waals surface area contributed by atoms with E-state index in [0.29, 0.717) is 13.2 Å². The minimum Gasteiger partial charge on any atom is -0.380 e. The van der Waals surface area contributed by atoms with Gasteiger partial charge < -0.3 is 10.1 Å². The van der Waals surface area contributed by atoms with Crippen molar-refractivity contribution in [1.29, 1.82) is 0 Å². The zero-order valence-corrected chi connectivity index (χ0v) is 9.06. The highest BCUT2D eigenvalue weighted by molar-refractivity contribution is 7.89. The van der Waals surface area contributed by atoms with E-state index in [0.717, 1.165) is 13.1 Å². The molecule has 0 aromatic heterocycles. The predicted molar refractivity (Wildman–Crippen MR) is 52.5 cm³/mol. The fourth-order valence-corrected chi connectivity index (χ4v) is 3.31. The van der Waals surface area contributed by atoms with Crippen LogP contribution in [0.4, 0.5) is 0 Å². The molecule has 2 saturated heterocycles. The molecule has 5 nitrogen and oxygen atoms in total. The standard InChI is InChI=1S/C8H16N2O3S/c1-9-14(11,12)3-7-2-10-4-8(7)5-13-6-8/h7,9-10H,2-6H2,1H3. The van der Waals surface area contributed by atoms with E-state index in [2.05, 4.69) is 10.0 Å². The first-order valence-corrected chi connectivity index (χ1v) is 6.43. The van der Waals surface area contributed by atoms with Gasteiger partial charge in [0.15, 0.2) is 0 Å². The van der Waals surface area contributed by atoms with E-state index in [1.807, 2.05) is 0 Å². The molecular formula is C8H16N2O3S. The van der Waals surface area contributed by atoms with Crippen LogP contribution in [0.3, 0.4) is 0 Å². The van der Waals surface area contributed by atoms with Crippen LogP contribution in [0.5, 0.6) is 0 Å². The molecule has 0 amide bonds. The van der Waals surface area contributed by atoms with Gasteiger partial charge in [0, 0.05) is 12.0 Å². The normalized spacial score (nSPS) is 30.5. The number of rotatable bonds is 3. The first-order chi connectivity index (χ1) is 6.58. The molecule has 1 atom stereocenters. The Labute approximate surface area is 84.3 Å². The summed E-state index contributed by atoms with van der Waals surface area (Å²) < 4.78 is 30.3. The van der Waals surface area contributed by atoms with E-state index < -0.39 is 10.0 Å². The van der Waals surface area contributed by atoms with E-state index in [1.54, 1.807) is 0 Å². The maximum absolute atomic E-state index is 11.4. The van der Waals surface area contributed by atoms with E-state index in [4.69, 9.17) is 4.74 Å². The summed E-state index contributed by atoms with van der Waals surface area (Å²) in [6.07, 6.45) is 0. The molecular weight excluding hydrogens is 204 g/mol. The van der Waals surface area contributed by atoms with Crippen LogP contribution in [0.1, 0.15) is 0 Å². The van der Waals surface area contributed by atoms with Crippen LogP contribution in [-0.4, -0.2) is 47.5 Å². The monoisotopic (exact) mass is 220 g/mol. The number of sulfonamides is 1. The highest BCUT2D eigenvalue weighted by atomic mass is 32.2. The molecule has 0 aromatic carbocycles. The summed E-state index contributed by atoms with van der Waals surface area (Å²) in [6.45, 7) is 3.06. The zero-order valence-electron chi connectivity index (χ0n) is 8.25. The van der Waals surface area contributed by atoms with Crippen molar-refractivity contribution in [2.24, 2.45) is 11.3 Å². The molecule has 0 aromatic rings. The lowest BCUT2D eigenvalue weighted by Gasteiger charge is -2.42. The second kappa shape index (κ2) is 3.44. The summed E-state index contributed by atoms with van der Waals surface area (Å²) in [5.41, 5.74) is 0.0872. The fourth-order valence-electron chi connectivity index (χ4n) is 2.14. The van der Waals surface area contributed by atoms with Gasteiger partial charge in [0.2, 0.25) is 10.0 Å². The molecule has 14 heavy (non-hydrogen) atoms. The minimum atomic E-state index is -3.10. The summed E-state index contributed by atoms with van der Waals surface area (Å²) in [6, 6.07) is 0. The molecule has 1 spiro atoms. The van der Waals surface area contributed by atoms with Crippen LogP contribution in [0, 0.1) is 11.3 Å². The third kappa shape index (κ3) is 1.67. The number of hydrogen-bond acceptors (Lipinski definition) is 4. The minimum absolute atomic E-state index is 0.0872. The molecule has 1 unspecified atom stereocenters. The summed E-state index contributed by atoms with van der Waals surface area (Å²) in [5.74, 6) is 0.397. The maximum atomic E-state index is 11.4. The van der Waals surface area contributed by atoms with Crippen molar-refractivity contribution in [3.8, 4) is 0 Å². The predicted octanol–water partition coefficient (Wildman–Crippen LogP) is -1.23. The number of ether oxygens (including phenoxy) is 1. The number of hydrogen-bond donors (Lipinski definition) is 2. The molecule has 2 fully saturated rings. The first kappa shape index (κ1) is 10.4. The SMILES string of the molecule is CNS(=O)(=O)CC1CNCC12COC2. The molecule has 0 radical (unpaired) electrons. The third-order valence-electron chi connectivity index (χ3n) is 3.24. The molecule has 2 aliphatic heterocycles. The highest BCUT2D eigenvalue weighted by Gasteiger charge is 2.49. The Hall–Kier alpha value is -0.170. The van der Waals surface area contributed by atoms with Gasteiger partial charge in [0.25, 0.3) is 0 Å². The summed E-state index contributed by atoms with van der Waals surface area (Å²) >= 11 is 0. The summed E-state index contributed by atoms with van der Waals surface area (Å²) in [7, 11) is -1.64. The molecule has 82 valence electrons. The average molecular weight is 220 g/mol. The molecule has 2 heterocycles. The van der Waals surface area contributed by atoms with Crippen molar-refractivity contribution in [3.05, 3.63) is 0 Å². The van der Waals surface area contributed by atoms with Gasteiger partial charge in [0.1, 0.15) is 0 Å². The Balaban J connectivity index is 2.04. The summed E-state index contributed by atoms with van der Waals surface area (Å²) in [4.78, 5) is 0. The lowest BCUT2D eigenvalue weighted by atomic mass is 9.77. The molecule has 6 heteroatoms. The van der Waals surface area contributed by atoms with Gasteiger partial charge in [-0.25, -0.2) is 13.1 Å². The summed E-state index contributed by atoms with van der Waals surface area (Å²) in [5, 5.41) is 3.24. The molecule has 2 rings (SSSR count). The van der Waals surface area contributed by atoms with Crippen molar-refractivity contribution in [3.63, 3.8) is 0 Å². The second-order valence-corrected chi connectivity index (χ2v) is 6.14. The molecule has 2 aliphatic rings. The van der Waals surface area contributed by atoms with Crippen molar-refractivity contribution < 1.29 is 13.2 Å². The maximum Gasteiger partial charge on any atom is 0.211 e. The van der Waals surface area contributed by atoms with E-state index in [1.165, 1.54) is 7.05 Å². The molecule has 2 N–H and O–H groups in total. The molecule has 0 aliphatic carbocycles. The fraction of sp³-hybridized carbons (Fsp3) is 1.00. The lowest BCUT2D eigenvalue weighted by molar-refractivity contribution is -0.120. The van der Waals surface area contributed by atoms with E-state index in [-0.39, 0.29) is 17.1 Å². The Morgan fingerprint density at radius 1 is 1.57 bits per heavy atom. The van der Waals surface area contributed by atoms with Gasteiger partial charge in [0.05, 0.1) is 19.0 Å². The van der Waals surface area contributed by atoms with Gasteiger partial charge in [-0.2, -0.15) is 0 Å². The van der Waals surface area contributed by atoms with Crippen molar-refractivity contribution in [2.75, 3.05) is 39.1 Å². The van der Waals surface area contributed by atoms with Crippen molar-refractivity contribution in [2.45, 2.75) is 0 Å². The Bertz CT molecular complexity index is 311. The first-order valence-electron chi connectivity index (χ1n) is 4.78. The van der Waals surface area contributed by atoms with Crippen LogP contribution in [0.25, 0.3) is 0 Å². The van der Waals surface area contributed by atoms with Gasteiger partial charge in [-0.15, -0.1) is 0 Å². The Morgan fingerprint density at radius 3 is 2.79 bits per heavy atom. The quantitative estimate of drug-likeness (QED) is 0.625. The highest BCUT2D eigenvalue weighted by Crippen LogP contribution is 2.39. The largest absolute Gasteiger partial charge is 0.380 e. The molecule has 0 saturated carbocycles. The van der Waals surface area contributed by atoms with E-state index in [9.17, 15) is 8.42 Å². The van der Waals surface area contributed by atoms with Crippen LogP contribution >= 0.6 is 0 Å². The topological polar surface area (TPSA) is 67.4 Å². The van der Waals surface area contributed by atoms with Crippen LogP contribution in [-0.2, 0) is 14.8 Å². The Morgan fingerprint density at radius 2 is 2.29 bits per heavy atom. The van der Waals surface area contributed by atoms with Crippen LogP contribution < -0.4 is 10.0 Å². The van der Waals surface area contributed by atoms with Crippen LogP contribution in [0.2, 0.25) is 0 Å². The smallest absolute Gasteiger partial charge is 0.211 e. The van der Waals surface area contributed by atoms with E-state index >= 15 is 0 Å². The third-order valence-corrected chi connectivity index (χ3v) is 4.71. The van der Waals surface area contributed by atoms with Gasteiger partial charge >= 0.3 is 0 Å². The zero-order chi connectivity index (χ0) is 10.2. The van der Waals surface area contributed by atoms with Gasteiger partial charge in [-0.05, 0) is 19.5 Å². The Kier molecular flexibility index (Phi) is 2.55. The van der Waals surface area contributed by atoms with Crippen molar-refractivity contribution in [1.82, 2.24) is 10.0 Å². The van der Waals surface area contributed by atoms with Gasteiger partial charge in [-0.1, -0.05) is 0 Å². The number of nitrogens with one attached hydrogen (secondary N) is 2. The lowest BCUT2D eigenvalue weighted by Crippen LogP contribution is -2.51. The molecule has 0 bridgehead atoms. The van der Waals surface area contributed by atoms with Gasteiger partial charge in [-0.3, -0.25) is 0 Å². The van der Waals surface area contributed by atoms with Crippen LogP contribution in [0.15, 0.2) is 0 Å².